The highest BCUT2D eigenvalue weighted by molar-refractivity contribution is 7.14. The molecule has 4 aromatic rings. The average Bonchev–Trinajstić information content (AvgIpc) is 3.30. The minimum absolute atomic E-state index is 0.191. The number of thiazole rings is 1. The molecule has 0 saturated carbocycles. The molecule has 0 aliphatic heterocycles. The highest BCUT2D eigenvalue weighted by atomic mass is 32.1. The number of alkyl carbamates (subject to hydrolysis) is 1. The number of amides is 1. The van der Waals surface area contributed by atoms with Gasteiger partial charge in [0, 0.05) is 21.7 Å². The van der Waals surface area contributed by atoms with E-state index in [0.717, 1.165) is 32.8 Å². The fourth-order valence-electron chi connectivity index (χ4n) is 3.52. The van der Waals surface area contributed by atoms with E-state index in [-0.39, 0.29) is 6.54 Å². The molecule has 2 aromatic carbocycles. The Kier molecular flexibility index (Phi) is 7.07. The third-order valence-electron chi connectivity index (χ3n) is 5.09. The topological polar surface area (TPSA) is 94.6 Å². The molecule has 8 nitrogen and oxygen atoms in total. The average molecular weight is 493 g/mol. The van der Waals surface area contributed by atoms with Crippen LogP contribution in [-0.2, 0) is 11.3 Å². The van der Waals surface area contributed by atoms with Crippen molar-refractivity contribution in [2.45, 2.75) is 32.9 Å². The summed E-state index contributed by atoms with van der Waals surface area (Å²) in [5.41, 5.74) is 2.79. The Morgan fingerprint density at radius 1 is 1.03 bits per heavy atom. The van der Waals surface area contributed by atoms with Gasteiger partial charge in [-0.05, 0) is 32.9 Å². The number of hydrogen-bond acceptors (Lipinski definition) is 8. The molecule has 9 heteroatoms. The lowest BCUT2D eigenvalue weighted by Gasteiger charge is -2.20. The molecule has 0 saturated heterocycles. The molecule has 0 bridgehead atoms. The lowest BCUT2D eigenvalue weighted by molar-refractivity contribution is 0.0523. The first-order chi connectivity index (χ1) is 16.8. The molecule has 0 unspecified atom stereocenters. The molecule has 0 fully saturated rings. The monoisotopic (exact) mass is 492 g/mol. The van der Waals surface area contributed by atoms with E-state index < -0.39 is 11.7 Å². The van der Waals surface area contributed by atoms with Crippen LogP contribution in [0.25, 0.3) is 22.0 Å². The third kappa shape index (κ3) is 5.81. The van der Waals surface area contributed by atoms with E-state index in [4.69, 9.17) is 19.2 Å². The minimum atomic E-state index is -0.587. The summed E-state index contributed by atoms with van der Waals surface area (Å²) in [7, 11) is 3.18. The smallest absolute Gasteiger partial charge is 0.407 e. The maximum Gasteiger partial charge on any atom is 0.407 e. The highest BCUT2D eigenvalue weighted by Gasteiger charge is 2.18. The zero-order valence-corrected chi connectivity index (χ0v) is 21.2. The summed E-state index contributed by atoms with van der Waals surface area (Å²) in [5.74, 6) is 1.16. The molecule has 0 aliphatic rings. The first-order valence-electron chi connectivity index (χ1n) is 11.1. The summed E-state index contributed by atoms with van der Waals surface area (Å²) in [5, 5.41) is 10.6. The lowest BCUT2D eigenvalue weighted by Crippen LogP contribution is -2.32. The van der Waals surface area contributed by atoms with Gasteiger partial charge in [-0.3, -0.25) is 4.98 Å². The van der Waals surface area contributed by atoms with E-state index in [1.165, 1.54) is 11.3 Å². The second kappa shape index (κ2) is 10.2. The number of nitrogens with zero attached hydrogens (tertiary/aromatic N) is 2. The van der Waals surface area contributed by atoms with Gasteiger partial charge >= 0.3 is 6.09 Å². The Balaban J connectivity index is 1.67. The van der Waals surface area contributed by atoms with Crippen molar-refractivity contribution in [3.05, 3.63) is 59.7 Å². The van der Waals surface area contributed by atoms with Crippen LogP contribution >= 0.6 is 11.3 Å². The Hall–Kier alpha value is -3.85. The summed E-state index contributed by atoms with van der Waals surface area (Å²) in [6.45, 7) is 5.65. The number of rotatable bonds is 7. The van der Waals surface area contributed by atoms with Gasteiger partial charge in [-0.15, -0.1) is 11.3 Å². The van der Waals surface area contributed by atoms with Crippen molar-refractivity contribution in [1.29, 1.82) is 0 Å². The van der Waals surface area contributed by atoms with E-state index in [1.54, 1.807) is 20.4 Å². The maximum atomic E-state index is 12.2. The summed E-state index contributed by atoms with van der Waals surface area (Å²) in [6.07, 6.45) is 1.22. The number of hydrogen-bond donors (Lipinski definition) is 2. The molecule has 182 valence electrons. The van der Waals surface area contributed by atoms with Crippen molar-refractivity contribution >= 4 is 39.0 Å². The number of benzene rings is 2. The van der Waals surface area contributed by atoms with Crippen LogP contribution in [-0.4, -0.2) is 35.9 Å². The Bertz CT molecular complexity index is 1330. The van der Waals surface area contributed by atoms with Gasteiger partial charge in [0.1, 0.15) is 5.60 Å². The largest absolute Gasteiger partial charge is 0.493 e. The zero-order valence-electron chi connectivity index (χ0n) is 20.3. The van der Waals surface area contributed by atoms with Crippen molar-refractivity contribution in [3.63, 3.8) is 0 Å². The Morgan fingerprint density at radius 3 is 2.37 bits per heavy atom. The van der Waals surface area contributed by atoms with Crippen molar-refractivity contribution in [3.8, 4) is 22.8 Å². The standard InChI is InChI=1S/C26H28N4O4S/c1-26(2,3)34-25(31)28-13-19-17-11-22(32-4)23(33-5)12-18(17)20(14-27-19)29-24-30-21(15-35-24)16-9-7-6-8-10-16/h6-12,14-15H,13H2,1-5H3,(H,28,31)(H,29,30). The quantitative estimate of drug-likeness (QED) is 0.320. The predicted octanol–water partition coefficient (Wildman–Crippen LogP) is 6.14. The van der Waals surface area contributed by atoms with E-state index in [2.05, 4.69) is 15.6 Å². The van der Waals surface area contributed by atoms with Crippen LogP contribution in [0.5, 0.6) is 11.5 Å². The number of pyridine rings is 1. The molecular weight excluding hydrogens is 464 g/mol. The van der Waals surface area contributed by atoms with Gasteiger partial charge in [0.05, 0.1) is 44.0 Å². The van der Waals surface area contributed by atoms with E-state index in [0.29, 0.717) is 17.2 Å². The molecule has 0 spiro atoms. The number of anilines is 2. The molecule has 0 aliphatic carbocycles. The van der Waals surface area contributed by atoms with Crippen LogP contribution in [0.2, 0.25) is 0 Å². The van der Waals surface area contributed by atoms with Gasteiger partial charge in [0.25, 0.3) is 0 Å². The van der Waals surface area contributed by atoms with Gasteiger partial charge in [0.15, 0.2) is 16.6 Å². The van der Waals surface area contributed by atoms with Crippen LogP contribution in [0, 0.1) is 0 Å². The van der Waals surface area contributed by atoms with Crippen LogP contribution in [0.15, 0.2) is 54.0 Å². The second-order valence-electron chi connectivity index (χ2n) is 8.76. The fraction of sp³-hybridized carbons (Fsp3) is 0.269. The normalized spacial score (nSPS) is 11.2. The molecule has 0 atom stereocenters. The Morgan fingerprint density at radius 2 is 1.71 bits per heavy atom. The van der Waals surface area contributed by atoms with Crippen LogP contribution in [0.1, 0.15) is 26.5 Å². The highest BCUT2D eigenvalue weighted by Crippen LogP contribution is 2.38. The van der Waals surface area contributed by atoms with Crippen molar-refractivity contribution < 1.29 is 19.0 Å². The van der Waals surface area contributed by atoms with E-state index >= 15 is 0 Å². The molecule has 2 N–H and O–H groups in total. The lowest BCUT2D eigenvalue weighted by atomic mass is 10.1. The summed E-state index contributed by atoms with van der Waals surface area (Å²) >= 11 is 1.51. The molecule has 2 aromatic heterocycles. The molecule has 4 rings (SSSR count). The molecule has 0 radical (unpaired) electrons. The maximum absolute atomic E-state index is 12.2. The number of carbonyl (C=O) groups excluding carboxylic acids is 1. The minimum Gasteiger partial charge on any atom is -0.493 e. The first kappa shape index (κ1) is 24.3. The Labute approximate surface area is 208 Å². The van der Waals surface area contributed by atoms with Gasteiger partial charge in [0.2, 0.25) is 0 Å². The van der Waals surface area contributed by atoms with Crippen LogP contribution < -0.4 is 20.1 Å². The van der Waals surface area contributed by atoms with E-state index in [1.807, 2.05) is 68.6 Å². The van der Waals surface area contributed by atoms with Crippen molar-refractivity contribution in [2.75, 3.05) is 19.5 Å². The van der Waals surface area contributed by atoms with Gasteiger partial charge in [-0.25, -0.2) is 9.78 Å². The van der Waals surface area contributed by atoms with Crippen LogP contribution in [0.4, 0.5) is 15.6 Å². The first-order valence-corrected chi connectivity index (χ1v) is 11.9. The number of methoxy groups -OCH3 is 2. The molecular formula is C26H28N4O4S. The van der Waals surface area contributed by atoms with Gasteiger partial charge in [-0.2, -0.15) is 0 Å². The van der Waals surface area contributed by atoms with Crippen LogP contribution in [0.3, 0.4) is 0 Å². The summed E-state index contributed by atoms with van der Waals surface area (Å²) < 4.78 is 16.4. The summed E-state index contributed by atoms with van der Waals surface area (Å²) in [6, 6.07) is 13.8. The SMILES string of the molecule is COc1cc2c(Nc3nc(-c4ccccc4)cs3)cnc(CNC(=O)OC(C)(C)C)c2cc1OC. The molecule has 1 amide bonds. The van der Waals surface area contributed by atoms with Crippen molar-refractivity contribution in [1.82, 2.24) is 15.3 Å². The van der Waals surface area contributed by atoms with Gasteiger partial charge in [-0.1, -0.05) is 30.3 Å². The number of aromatic nitrogens is 2. The zero-order chi connectivity index (χ0) is 25.0. The second-order valence-corrected chi connectivity index (χ2v) is 9.61. The molecule has 35 heavy (non-hydrogen) atoms. The number of fused-ring (bicyclic) bond motifs is 1. The molecule has 2 heterocycles. The predicted molar refractivity (Wildman–Crippen MR) is 139 cm³/mol. The number of carbonyl (C=O) groups is 1. The summed E-state index contributed by atoms with van der Waals surface area (Å²) in [4.78, 5) is 21.5. The van der Waals surface area contributed by atoms with E-state index in [9.17, 15) is 4.79 Å². The van der Waals surface area contributed by atoms with Gasteiger partial charge < -0.3 is 24.8 Å². The third-order valence-corrected chi connectivity index (χ3v) is 5.85. The fourth-order valence-corrected chi connectivity index (χ4v) is 4.25. The number of nitrogens with one attached hydrogen (secondary N) is 2. The number of ether oxygens (including phenoxy) is 3. The van der Waals surface area contributed by atoms with Crippen molar-refractivity contribution in [2.24, 2.45) is 0 Å².